The Labute approximate surface area is 197 Å². The average Bonchev–Trinajstić information content (AvgIpc) is 3.78. The zero-order valence-electron chi connectivity index (χ0n) is 18.8. The normalized spacial score (nSPS) is 18.8. The van der Waals surface area contributed by atoms with E-state index in [1.165, 1.54) is 6.20 Å². The molecule has 0 radical (unpaired) electrons. The van der Waals surface area contributed by atoms with Crippen molar-refractivity contribution in [2.24, 2.45) is 0 Å². The molecule has 2 saturated carbocycles. The first-order valence-corrected chi connectivity index (χ1v) is 12.0. The van der Waals surface area contributed by atoms with Gasteiger partial charge in [-0.25, -0.2) is 13.9 Å². The van der Waals surface area contributed by atoms with E-state index < -0.39 is 11.8 Å². The monoisotopic (exact) mass is 459 g/mol. The number of likely N-dealkylation sites (tertiary alicyclic amines) is 1. The number of benzene rings is 2. The van der Waals surface area contributed by atoms with Crippen molar-refractivity contribution in [3.8, 4) is 16.8 Å². The van der Waals surface area contributed by atoms with Gasteiger partial charge in [0.15, 0.2) is 0 Å². The maximum absolute atomic E-state index is 15.7. The molecular formula is C27H26FN3O3. The molecule has 3 aliphatic rings. The third-order valence-electron chi connectivity index (χ3n) is 7.55. The summed E-state index contributed by atoms with van der Waals surface area (Å²) in [5.41, 5.74) is 2.61. The Morgan fingerprint density at radius 3 is 2.56 bits per heavy atom. The lowest BCUT2D eigenvalue weighted by atomic mass is 9.97. The molecule has 3 fully saturated rings. The Morgan fingerprint density at radius 2 is 1.82 bits per heavy atom. The van der Waals surface area contributed by atoms with Crippen molar-refractivity contribution in [1.82, 2.24) is 14.7 Å². The number of amides is 1. The van der Waals surface area contributed by atoms with Gasteiger partial charge < -0.3 is 10.0 Å². The smallest absolute Gasteiger partial charge is 0.339 e. The zero-order chi connectivity index (χ0) is 23.4. The van der Waals surface area contributed by atoms with Crippen molar-refractivity contribution in [3.05, 3.63) is 71.3 Å². The van der Waals surface area contributed by atoms with Crippen LogP contribution < -0.4 is 0 Å². The molecular weight excluding hydrogens is 433 g/mol. The van der Waals surface area contributed by atoms with E-state index in [9.17, 15) is 14.7 Å². The van der Waals surface area contributed by atoms with Gasteiger partial charge in [-0.05, 0) is 68.7 Å². The number of rotatable bonds is 5. The molecule has 0 atom stereocenters. The lowest BCUT2D eigenvalue weighted by molar-refractivity contribution is 0.0568. The second kappa shape index (κ2) is 7.79. The van der Waals surface area contributed by atoms with Crippen LogP contribution in [-0.2, 0) is 0 Å². The highest BCUT2D eigenvalue weighted by atomic mass is 19.1. The van der Waals surface area contributed by atoms with Crippen LogP contribution in [0.2, 0.25) is 0 Å². The van der Waals surface area contributed by atoms with Gasteiger partial charge >= 0.3 is 5.97 Å². The van der Waals surface area contributed by atoms with Crippen molar-refractivity contribution < 1.29 is 19.1 Å². The highest BCUT2D eigenvalue weighted by Gasteiger charge is 2.51. The Balaban J connectivity index is 1.37. The van der Waals surface area contributed by atoms with Crippen molar-refractivity contribution >= 4 is 11.9 Å². The Kier molecular flexibility index (Phi) is 4.83. The predicted molar refractivity (Wildman–Crippen MR) is 125 cm³/mol. The van der Waals surface area contributed by atoms with Gasteiger partial charge in [0, 0.05) is 23.6 Å². The van der Waals surface area contributed by atoms with Gasteiger partial charge in [0.25, 0.3) is 5.91 Å². The number of carboxylic acid groups (broad SMARTS) is 1. The third-order valence-corrected chi connectivity index (χ3v) is 7.55. The van der Waals surface area contributed by atoms with Crippen molar-refractivity contribution in [2.75, 3.05) is 6.54 Å². The Hall–Kier alpha value is -3.48. The molecule has 1 N–H and O–H groups in total. The fourth-order valence-electron chi connectivity index (χ4n) is 5.43. The lowest BCUT2D eigenvalue weighted by Crippen LogP contribution is -2.45. The first-order chi connectivity index (χ1) is 16.5. The summed E-state index contributed by atoms with van der Waals surface area (Å²) in [5, 5.41) is 13.9. The molecule has 1 spiro atoms. The Morgan fingerprint density at radius 1 is 1.03 bits per heavy atom. The standard InChI is InChI=1S/C27H26FN3O3/c28-23-20(7-4-8-21(23)25(32)30-14-2-1-11-27(30)12-13-27)18-5-3-6-19(15-18)31-24(17-9-10-17)22(16-29-31)26(33)34/h3-8,15-17H,1-2,9-14H2,(H,33,34). The number of piperidine rings is 1. The van der Waals surface area contributed by atoms with Gasteiger partial charge in [-0.15, -0.1) is 0 Å². The minimum atomic E-state index is -0.993. The lowest BCUT2D eigenvalue weighted by Gasteiger charge is -2.36. The largest absolute Gasteiger partial charge is 0.478 e. The first-order valence-electron chi connectivity index (χ1n) is 12.0. The summed E-state index contributed by atoms with van der Waals surface area (Å²) >= 11 is 0. The molecule has 6 nitrogen and oxygen atoms in total. The fourth-order valence-corrected chi connectivity index (χ4v) is 5.43. The van der Waals surface area contributed by atoms with Crippen LogP contribution in [0.1, 0.15) is 77.3 Å². The van der Waals surface area contributed by atoms with Crippen molar-refractivity contribution in [1.29, 1.82) is 0 Å². The second-order valence-electron chi connectivity index (χ2n) is 9.79. The van der Waals surface area contributed by atoms with E-state index >= 15 is 4.39 Å². The molecule has 2 aromatic carbocycles. The maximum Gasteiger partial charge on any atom is 0.339 e. The van der Waals surface area contributed by atoms with Gasteiger partial charge in [-0.3, -0.25) is 4.79 Å². The summed E-state index contributed by atoms with van der Waals surface area (Å²) in [6, 6.07) is 12.2. The first kappa shape index (κ1) is 21.1. The fraction of sp³-hybridized carbons (Fsp3) is 0.370. The Bertz CT molecular complexity index is 1310. The quantitative estimate of drug-likeness (QED) is 0.553. The number of hydrogen-bond donors (Lipinski definition) is 1. The zero-order valence-corrected chi connectivity index (χ0v) is 18.8. The number of carboxylic acids is 1. The summed E-state index contributed by atoms with van der Waals surface area (Å²) in [6.45, 7) is 0.688. The summed E-state index contributed by atoms with van der Waals surface area (Å²) in [6.07, 6.45) is 8.36. The summed E-state index contributed by atoms with van der Waals surface area (Å²) < 4.78 is 17.4. The van der Waals surface area contributed by atoms with E-state index in [1.807, 2.05) is 11.0 Å². The topological polar surface area (TPSA) is 75.4 Å². The van der Waals surface area contributed by atoms with E-state index in [0.29, 0.717) is 29.1 Å². The molecule has 1 amide bonds. The molecule has 174 valence electrons. The number of carbonyl (C=O) groups is 2. The predicted octanol–water partition coefficient (Wildman–Crippen LogP) is 5.41. The molecule has 2 aliphatic carbocycles. The molecule has 0 bridgehead atoms. The SMILES string of the molecule is O=C(O)c1cnn(-c2cccc(-c3cccc(C(=O)N4CCCCC45CC5)c3F)c2)c1C1CC1. The van der Waals surface area contributed by atoms with Crippen LogP contribution in [0, 0.1) is 5.82 Å². The highest BCUT2D eigenvalue weighted by Crippen LogP contribution is 2.49. The molecule has 7 heteroatoms. The minimum absolute atomic E-state index is 0.0567. The highest BCUT2D eigenvalue weighted by molar-refractivity contribution is 5.97. The summed E-state index contributed by atoms with van der Waals surface area (Å²) in [7, 11) is 0. The van der Waals surface area contributed by atoms with E-state index in [2.05, 4.69) is 5.10 Å². The van der Waals surface area contributed by atoms with E-state index in [0.717, 1.165) is 44.9 Å². The van der Waals surface area contributed by atoms with Gasteiger partial charge in [0.2, 0.25) is 0 Å². The molecule has 3 aromatic rings. The van der Waals surface area contributed by atoms with Gasteiger partial charge in [0.1, 0.15) is 11.4 Å². The van der Waals surface area contributed by atoms with Crippen LogP contribution in [0.5, 0.6) is 0 Å². The van der Waals surface area contributed by atoms with Gasteiger partial charge in [-0.2, -0.15) is 5.10 Å². The van der Waals surface area contributed by atoms with Crippen LogP contribution in [-0.4, -0.2) is 43.7 Å². The molecule has 1 aliphatic heterocycles. The van der Waals surface area contributed by atoms with E-state index in [4.69, 9.17) is 0 Å². The molecule has 0 unspecified atom stereocenters. The van der Waals surface area contributed by atoms with Gasteiger partial charge in [0.05, 0.1) is 23.1 Å². The number of halogens is 1. The van der Waals surface area contributed by atoms with E-state index in [1.54, 1.807) is 41.1 Å². The summed E-state index contributed by atoms with van der Waals surface area (Å²) in [4.78, 5) is 26.9. The number of nitrogens with zero attached hydrogens (tertiary/aromatic N) is 3. The average molecular weight is 460 g/mol. The van der Waals surface area contributed by atoms with Crippen molar-refractivity contribution in [2.45, 2.75) is 56.4 Å². The van der Waals surface area contributed by atoms with Crippen LogP contribution >= 0.6 is 0 Å². The molecule has 1 aromatic heterocycles. The van der Waals surface area contributed by atoms with E-state index in [-0.39, 0.29) is 28.5 Å². The van der Waals surface area contributed by atoms with Crippen LogP contribution in [0.4, 0.5) is 4.39 Å². The van der Waals surface area contributed by atoms with Gasteiger partial charge in [-0.1, -0.05) is 24.3 Å². The molecule has 6 rings (SSSR count). The molecule has 2 heterocycles. The molecule has 34 heavy (non-hydrogen) atoms. The number of aromatic carboxylic acids is 1. The third kappa shape index (κ3) is 3.42. The minimum Gasteiger partial charge on any atom is -0.478 e. The van der Waals surface area contributed by atoms with Crippen LogP contribution in [0.3, 0.4) is 0 Å². The maximum atomic E-state index is 15.7. The summed E-state index contributed by atoms with van der Waals surface area (Å²) in [5.74, 6) is -1.55. The number of hydrogen-bond acceptors (Lipinski definition) is 3. The van der Waals surface area contributed by atoms with Crippen molar-refractivity contribution in [3.63, 3.8) is 0 Å². The number of aromatic nitrogens is 2. The number of carbonyl (C=O) groups excluding carboxylic acids is 1. The second-order valence-corrected chi connectivity index (χ2v) is 9.79. The van der Waals surface area contributed by atoms with Crippen LogP contribution in [0.25, 0.3) is 16.8 Å². The molecule has 1 saturated heterocycles. The van der Waals surface area contributed by atoms with Crippen LogP contribution in [0.15, 0.2) is 48.7 Å².